The van der Waals surface area contributed by atoms with Crippen molar-refractivity contribution in [3.8, 4) is 0 Å². The minimum atomic E-state index is -1.55. The third kappa shape index (κ3) is 43.6. The van der Waals surface area contributed by atoms with Gasteiger partial charge >= 0.3 is 0 Å². The molecule has 6 N–H and O–H groups in total. The second kappa shape index (κ2) is 55.0. The number of aliphatic hydroxyl groups is 5. The molecule has 1 fully saturated rings. The predicted octanol–water partition coefficient (Wildman–Crippen LogP) is 16.9. The van der Waals surface area contributed by atoms with Crippen LogP contribution < -0.4 is 5.32 Å². The molecule has 0 saturated carbocycles. The van der Waals surface area contributed by atoms with Crippen LogP contribution in [-0.2, 0) is 14.3 Å². The third-order valence-corrected chi connectivity index (χ3v) is 15.8. The van der Waals surface area contributed by atoms with E-state index in [0.29, 0.717) is 12.8 Å². The number of hydrogen-bond donors (Lipinski definition) is 6. The second-order valence-electron chi connectivity index (χ2n) is 22.9. The molecule has 7 atom stereocenters. The van der Waals surface area contributed by atoms with E-state index in [9.17, 15) is 30.3 Å². The second-order valence-corrected chi connectivity index (χ2v) is 22.9. The Bertz CT molecular complexity index is 1210. The van der Waals surface area contributed by atoms with Crippen LogP contribution in [0.5, 0.6) is 0 Å². The van der Waals surface area contributed by atoms with Crippen LogP contribution in [0.15, 0.2) is 24.3 Å². The zero-order valence-electron chi connectivity index (χ0n) is 48.9. The maximum atomic E-state index is 13.1. The van der Waals surface area contributed by atoms with E-state index in [1.807, 2.05) is 0 Å². The summed E-state index contributed by atoms with van der Waals surface area (Å²) >= 11 is 0. The Morgan fingerprint density at radius 2 is 0.797 bits per heavy atom. The van der Waals surface area contributed by atoms with Crippen LogP contribution >= 0.6 is 0 Å². The summed E-state index contributed by atoms with van der Waals surface area (Å²) in [7, 11) is 0. The Labute approximate surface area is 458 Å². The molecular weight excluding hydrogens is 923 g/mol. The van der Waals surface area contributed by atoms with Crippen molar-refractivity contribution in [2.45, 2.75) is 371 Å². The van der Waals surface area contributed by atoms with Crippen molar-refractivity contribution in [3.05, 3.63) is 24.3 Å². The number of ether oxygens (including phenoxy) is 2. The third-order valence-electron chi connectivity index (χ3n) is 15.8. The SMILES string of the molecule is CCCCCCCCCCCCC/C=C\C/C=C\CCCCCCCCCCCCCCCCCCCC(=O)NC(COC1OC(CO)C(O)C(O)C1O)C(O)CCCCCCCCCCCCCCCCCC. The van der Waals surface area contributed by atoms with Gasteiger partial charge in [0, 0.05) is 6.42 Å². The maximum absolute atomic E-state index is 13.1. The fourth-order valence-corrected chi connectivity index (χ4v) is 10.7. The van der Waals surface area contributed by atoms with Gasteiger partial charge < -0.3 is 40.3 Å². The first-order valence-electron chi connectivity index (χ1n) is 32.5. The highest BCUT2D eigenvalue weighted by Gasteiger charge is 2.44. The molecule has 1 saturated heterocycles. The Morgan fingerprint density at radius 1 is 0.459 bits per heavy atom. The van der Waals surface area contributed by atoms with Gasteiger partial charge in [0.15, 0.2) is 6.29 Å². The van der Waals surface area contributed by atoms with Crippen molar-refractivity contribution < 1.29 is 39.8 Å². The number of hydrogen-bond acceptors (Lipinski definition) is 8. The molecule has 1 amide bonds. The minimum Gasteiger partial charge on any atom is -0.394 e. The van der Waals surface area contributed by atoms with Gasteiger partial charge in [-0.3, -0.25) is 4.79 Å². The molecule has 0 spiro atoms. The van der Waals surface area contributed by atoms with E-state index in [2.05, 4.69) is 43.5 Å². The lowest BCUT2D eigenvalue weighted by molar-refractivity contribution is -0.302. The number of rotatable bonds is 57. The van der Waals surface area contributed by atoms with Gasteiger partial charge in [-0.2, -0.15) is 0 Å². The molecule has 0 bridgehead atoms. The average molecular weight is 1050 g/mol. The van der Waals surface area contributed by atoms with Gasteiger partial charge in [-0.1, -0.05) is 301 Å². The summed E-state index contributed by atoms with van der Waals surface area (Å²) in [6, 6.07) is -0.717. The van der Waals surface area contributed by atoms with Gasteiger partial charge in [0.05, 0.1) is 25.4 Å². The van der Waals surface area contributed by atoms with E-state index in [1.165, 1.54) is 257 Å². The molecule has 9 nitrogen and oxygen atoms in total. The predicted molar refractivity (Wildman–Crippen MR) is 314 cm³/mol. The number of nitrogens with one attached hydrogen (secondary N) is 1. The van der Waals surface area contributed by atoms with Crippen molar-refractivity contribution in [1.82, 2.24) is 5.32 Å². The summed E-state index contributed by atoms with van der Waals surface area (Å²) in [4.78, 5) is 13.1. The Kier molecular flexibility index (Phi) is 52.5. The van der Waals surface area contributed by atoms with Crippen LogP contribution in [0.25, 0.3) is 0 Å². The summed E-state index contributed by atoms with van der Waals surface area (Å²) < 4.78 is 11.3. The zero-order chi connectivity index (χ0) is 53.6. The molecule has 0 radical (unpaired) electrons. The Morgan fingerprint density at radius 3 is 1.16 bits per heavy atom. The Balaban J connectivity index is 2.08. The van der Waals surface area contributed by atoms with E-state index in [0.717, 1.165) is 44.9 Å². The van der Waals surface area contributed by atoms with Gasteiger partial charge in [-0.25, -0.2) is 0 Å². The highest BCUT2D eigenvalue weighted by molar-refractivity contribution is 5.76. The van der Waals surface area contributed by atoms with Crippen LogP contribution in [0.2, 0.25) is 0 Å². The molecule has 0 aromatic carbocycles. The molecule has 74 heavy (non-hydrogen) atoms. The molecule has 0 aromatic heterocycles. The largest absolute Gasteiger partial charge is 0.394 e. The van der Waals surface area contributed by atoms with Crippen molar-refractivity contribution in [2.75, 3.05) is 13.2 Å². The van der Waals surface area contributed by atoms with Crippen LogP contribution in [0, 0.1) is 0 Å². The Hall–Kier alpha value is -1.33. The van der Waals surface area contributed by atoms with Gasteiger partial charge in [-0.15, -0.1) is 0 Å². The van der Waals surface area contributed by atoms with E-state index < -0.39 is 49.5 Å². The van der Waals surface area contributed by atoms with Crippen molar-refractivity contribution in [3.63, 3.8) is 0 Å². The van der Waals surface area contributed by atoms with Crippen LogP contribution in [0.4, 0.5) is 0 Å². The number of unbranched alkanes of at least 4 members (excludes halogenated alkanes) is 43. The molecule has 1 heterocycles. The van der Waals surface area contributed by atoms with Crippen molar-refractivity contribution >= 4 is 5.91 Å². The molecule has 0 aromatic rings. The molecule has 1 aliphatic rings. The standard InChI is InChI=1S/C65H125NO8/c1-3-5-7-9-11-13-15-17-19-21-22-23-24-25-26-27-28-29-30-31-32-33-34-35-36-37-38-39-41-43-45-47-49-51-53-55-61(69)66-58(57-73-65-64(72)63(71)62(70)60(56-67)74-65)59(68)54-52-50-48-46-44-42-40-20-18-16-14-12-10-8-6-4-2/h24-25,27-28,58-60,62-65,67-68,70-72H,3-23,26,29-57H2,1-2H3,(H,66,69)/b25-24-,28-27-. The molecule has 438 valence electrons. The summed E-state index contributed by atoms with van der Waals surface area (Å²) in [6.07, 6.45) is 63.8. The maximum Gasteiger partial charge on any atom is 0.220 e. The number of allylic oxidation sites excluding steroid dienone is 4. The number of amides is 1. The quantitative estimate of drug-likeness (QED) is 0.0261. The lowest BCUT2D eigenvalue weighted by Gasteiger charge is -2.40. The van der Waals surface area contributed by atoms with Gasteiger partial charge in [0.2, 0.25) is 5.91 Å². The van der Waals surface area contributed by atoms with Crippen molar-refractivity contribution in [2.24, 2.45) is 0 Å². The first-order chi connectivity index (χ1) is 36.3. The first-order valence-corrected chi connectivity index (χ1v) is 32.5. The van der Waals surface area contributed by atoms with Gasteiger partial charge in [0.25, 0.3) is 0 Å². The van der Waals surface area contributed by atoms with Crippen molar-refractivity contribution in [1.29, 1.82) is 0 Å². The topological polar surface area (TPSA) is 149 Å². The van der Waals surface area contributed by atoms with Crippen LogP contribution in [0.3, 0.4) is 0 Å². The minimum absolute atomic E-state index is 0.134. The monoisotopic (exact) mass is 1050 g/mol. The highest BCUT2D eigenvalue weighted by Crippen LogP contribution is 2.24. The summed E-state index contributed by atoms with van der Waals surface area (Å²) in [5.41, 5.74) is 0. The first kappa shape index (κ1) is 70.7. The normalized spacial score (nSPS) is 19.0. The number of aliphatic hydroxyl groups excluding tert-OH is 5. The molecule has 1 aliphatic heterocycles. The molecular formula is C65H125NO8. The van der Waals surface area contributed by atoms with E-state index in [1.54, 1.807) is 0 Å². The average Bonchev–Trinajstić information content (AvgIpc) is 3.40. The van der Waals surface area contributed by atoms with Crippen LogP contribution in [-0.4, -0.2) is 87.5 Å². The summed E-state index contributed by atoms with van der Waals surface area (Å²) in [5.74, 6) is -0.139. The zero-order valence-corrected chi connectivity index (χ0v) is 48.9. The number of carbonyl (C=O) groups excluding carboxylic acids is 1. The lowest BCUT2D eigenvalue weighted by atomic mass is 9.99. The summed E-state index contributed by atoms with van der Waals surface area (Å²) in [5, 5.41) is 54.7. The molecule has 9 heteroatoms. The van der Waals surface area contributed by atoms with Gasteiger partial charge in [0.1, 0.15) is 24.4 Å². The fourth-order valence-electron chi connectivity index (χ4n) is 10.7. The summed E-state index contributed by atoms with van der Waals surface area (Å²) in [6.45, 7) is 3.88. The van der Waals surface area contributed by atoms with Crippen LogP contribution in [0.1, 0.15) is 328 Å². The molecule has 7 unspecified atom stereocenters. The molecule has 0 aliphatic carbocycles. The van der Waals surface area contributed by atoms with E-state index in [4.69, 9.17) is 9.47 Å². The fraction of sp³-hybridized carbons (Fsp3) is 0.923. The highest BCUT2D eigenvalue weighted by atomic mass is 16.7. The lowest BCUT2D eigenvalue weighted by Crippen LogP contribution is -2.60. The molecule has 1 rings (SSSR count). The number of carbonyl (C=O) groups is 1. The van der Waals surface area contributed by atoms with E-state index in [-0.39, 0.29) is 12.5 Å². The van der Waals surface area contributed by atoms with Gasteiger partial charge in [-0.05, 0) is 44.9 Å². The smallest absolute Gasteiger partial charge is 0.220 e. The van der Waals surface area contributed by atoms with E-state index >= 15 is 0 Å².